The van der Waals surface area contributed by atoms with Crippen LogP contribution in [0.1, 0.15) is 28.0 Å². The van der Waals surface area contributed by atoms with Crippen LogP contribution in [0.25, 0.3) is 10.9 Å². The SMILES string of the molecule is COc1ccc2c(c1)c(CCNC(=O)NCCCO[N+](=O)[O-])c(C)n2C(=O)c1ccc(Cl)cc1. The second-order valence-electron chi connectivity index (χ2n) is 7.44. The summed E-state index contributed by atoms with van der Waals surface area (Å²) in [6.07, 6.45) is 0.794. The van der Waals surface area contributed by atoms with Crippen molar-refractivity contribution in [2.24, 2.45) is 0 Å². The molecule has 180 valence electrons. The molecule has 10 nitrogen and oxygen atoms in total. The smallest absolute Gasteiger partial charge is 0.314 e. The first-order valence-electron chi connectivity index (χ1n) is 10.6. The number of fused-ring (bicyclic) bond motifs is 1. The lowest BCUT2D eigenvalue weighted by atomic mass is 10.1. The molecule has 0 aliphatic rings. The minimum Gasteiger partial charge on any atom is -0.497 e. The van der Waals surface area contributed by atoms with E-state index in [4.69, 9.17) is 16.3 Å². The van der Waals surface area contributed by atoms with E-state index in [1.165, 1.54) is 0 Å². The van der Waals surface area contributed by atoms with Crippen molar-refractivity contribution in [3.05, 3.63) is 74.4 Å². The summed E-state index contributed by atoms with van der Waals surface area (Å²) >= 11 is 5.96. The first-order valence-corrected chi connectivity index (χ1v) is 11.0. The fourth-order valence-corrected chi connectivity index (χ4v) is 3.79. The highest BCUT2D eigenvalue weighted by Crippen LogP contribution is 2.30. The van der Waals surface area contributed by atoms with E-state index in [0.29, 0.717) is 35.7 Å². The molecule has 0 bridgehead atoms. The highest BCUT2D eigenvalue weighted by Gasteiger charge is 2.20. The molecule has 0 unspecified atom stereocenters. The summed E-state index contributed by atoms with van der Waals surface area (Å²) in [7, 11) is 1.58. The number of nitrogens with zero attached hydrogens (tertiary/aromatic N) is 2. The fourth-order valence-electron chi connectivity index (χ4n) is 3.66. The van der Waals surface area contributed by atoms with Gasteiger partial charge in [0.2, 0.25) is 0 Å². The van der Waals surface area contributed by atoms with Crippen LogP contribution in [0.2, 0.25) is 5.02 Å². The number of methoxy groups -OCH3 is 1. The molecule has 11 heteroatoms. The average molecular weight is 489 g/mol. The van der Waals surface area contributed by atoms with E-state index >= 15 is 0 Å². The molecule has 34 heavy (non-hydrogen) atoms. The van der Waals surface area contributed by atoms with Crippen molar-refractivity contribution >= 4 is 34.4 Å². The highest BCUT2D eigenvalue weighted by molar-refractivity contribution is 6.30. The summed E-state index contributed by atoms with van der Waals surface area (Å²) in [5.41, 5.74) is 2.92. The van der Waals surface area contributed by atoms with Crippen molar-refractivity contribution in [2.75, 3.05) is 26.8 Å². The van der Waals surface area contributed by atoms with Crippen LogP contribution >= 0.6 is 11.6 Å². The fraction of sp³-hybridized carbons (Fsp3) is 0.304. The van der Waals surface area contributed by atoms with Gasteiger partial charge in [0.15, 0.2) is 0 Å². The minimum atomic E-state index is -0.870. The molecule has 2 aromatic carbocycles. The Hall–Kier alpha value is -3.79. The summed E-state index contributed by atoms with van der Waals surface area (Å²) < 4.78 is 7.02. The second kappa shape index (κ2) is 11.4. The number of ether oxygens (including phenoxy) is 1. The number of rotatable bonds is 10. The van der Waals surface area contributed by atoms with Gasteiger partial charge in [-0.2, -0.15) is 0 Å². The molecule has 1 heterocycles. The summed E-state index contributed by atoms with van der Waals surface area (Å²) in [4.78, 5) is 39.6. The number of amides is 2. The molecule has 0 atom stereocenters. The summed E-state index contributed by atoms with van der Waals surface area (Å²) in [5.74, 6) is 0.478. The molecular weight excluding hydrogens is 464 g/mol. The van der Waals surface area contributed by atoms with Gasteiger partial charge in [-0.1, -0.05) is 11.6 Å². The monoisotopic (exact) mass is 488 g/mol. The molecule has 2 N–H and O–H groups in total. The van der Waals surface area contributed by atoms with Gasteiger partial charge in [-0.3, -0.25) is 9.36 Å². The number of aromatic nitrogens is 1. The Morgan fingerprint density at radius 3 is 2.50 bits per heavy atom. The van der Waals surface area contributed by atoms with E-state index < -0.39 is 11.1 Å². The van der Waals surface area contributed by atoms with Crippen LogP contribution in [0.4, 0.5) is 4.79 Å². The van der Waals surface area contributed by atoms with Crippen LogP contribution in [0.3, 0.4) is 0 Å². The number of halogens is 1. The largest absolute Gasteiger partial charge is 0.497 e. The third-order valence-electron chi connectivity index (χ3n) is 5.30. The first-order chi connectivity index (χ1) is 16.3. The molecular formula is C23H25ClN4O6. The van der Waals surface area contributed by atoms with Crippen LogP contribution in [0.15, 0.2) is 42.5 Å². The maximum atomic E-state index is 13.3. The Morgan fingerprint density at radius 2 is 1.82 bits per heavy atom. The van der Waals surface area contributed by atoms with E-state index in [1.54, 1.807) is 42.0 Å². The number of carbonyl (C=O) groups excluding carboxylic acids is 2. The summed E-state index contributed by atoms with van der Waals surface area (Å²) in [5, 5.41) is 16.0. The van der Waals surface area contributed by atoms with Crippen LogP contribution in [0, 0.1) is 17.0 Å². The molecule has 1 aromatic heterocycles. The molecule has 3 rings (SSSR count). The number of carbonyl (C=O) groups is 2. The predicted molar refractivity (Wildman–Crippen MR) is 127 cm³/mol. The zero-order valence-corrected chi connectivity index (χ0v) is 19.6. The minimum absolute atomic E-state index is 0.0878. The van der Waals surface area contributed by atoms with Crippen molar-refractivity contribution in [1.82, 2.24) is 15.2 Å². The van der Waals surface area contributed by atoms with E-state index in [9.17, 15) is 19.7 Å². The van der Waals surface area contributed by atoms with Crippen molar-refractivity contribution in [3.63, 3.8) is 0 Å². The molecule has 0 spiro atoms. The number of hydrogen-bond donors (Lipinski definition) is 2. The third kappa shape index (κ3) is 5.96. The lowest BCUT2D eigenvalue weighted by Gasteiger charge is -2.09. The van der Waals surface area contributed by atoms with Crippen LogP contribution < -0.4 is 15.4 Å². The first kappa shape index (κ1) is 24.8. The Bertz CT molecular complexity index is 1190. The summed E-state index contributed by atoms with van der Waals surface area (Å²) in [6, 6.07) is 11.8. The van der Waals surface area contributed by atoms with Crippen molar-refractivity contribution in [1.29, 1.82) is 0 Å². The van der Waals surface area contributed by atoms with Crippen molar-refractivity contribution in [2.45, 2.75) is 19.8 Å². The van der Waals surface area contributed by atoms with Gasteiger partial charge in [0, 0.05) is 34.8 Å². The molecule has 0 aliphatic carbocycles. The second-order valence-corrected chi connectivity index (χ2v) is 7.87. The lowest BCUT2D eigenvalue weighted by molar-refractivity contribution is -0.757. The quantitative estimate of drug-likeness (QED) is 0.254. The van der Waals surface area contributed by atoms with Gasteiger partial charge in [0.05, 0.1) is 19.2 Å². The van der Waals surface area contributed by atoms with Gasteiger partial charge in [-0.15, -0.1) is 10.1 Å². The molecule has 0 aliphatic heterocycles. The van der Waals surface area contributed by atoms with Gasteiger partial charge in [0.1, 0.15) is 5.75 Å². The van der Waals surface area contributed by atoms with E-state index in [2.05, 4.69) is 15.5 Å². The molecule has 0 fully saturated rings. The Labute approximate surface area is 200 Å². The normalized spacial score (nSPS) is 10.7. The van der Waals surface area contributed by atoms with Gasteiger partial charge >= 0.3 is 6.03 Å². The van der Waals surface area contributed by atoms with Crippen LogP contribution in [-0.2, 0) is 11.3 Å². The Balaban J connectivity index is 1.75. The molecule has 0 saturated carbocycles. The van der Waals surface area contributed by atoms with Gasteiger partial charge in [-0.25, -0.2) is 4.79 Å². The third-order valence-corrected chi connectivity index (χ3v) is 5.55. The number of nitrogens with one attached hydrogen (secondary N) is 2. The van der Waals surface area contributed by atoms with Crippen molar-refractivity contribution in [3.8, 4) is 5.75 Å². The van der Waals surface area contributed by atoms with E-state index in [0.717, 1.165) is 22.2 Å². The van der Waals surface area contributed by atoms with Crippen LogP contribution in [-0.4, -0.2) is 48.4 Å². The number of benzene rings is 2. The summed E-state index contributed by atoms with van der Waals surface area (Å²) in [6.45, 7) is 2.34. The topological polar surface area (TPSA) is 125 Å². The maximum absolute atomic E-state index is 13.3. The maximum Gasteiger partial charge on any atom is 0.314 e. The standard InChI is InChI=1S/C23H25ClN4O6/c1-15-19(10-12-26-23(30)25-11-3-13-34-28(31)32)20-14-18(33-2)8-9-21(20)27(15)22(29)16-4-6-17(24)7-5-16/h4-9,14H,3,10-13H2,1-2H3,(H2,25,26,30). The average Bonchev–Trinajstić information content (AvgIpc) is 3.09. The molecule has 0 radical (unpaired) electrons. The molecule has 0 saturated heterocycles. The number of urea groups is 1. The molecule has 2 amide bonds. The van der Waals surface area contributed by atoms with Gasteiger partial charge in [0.25, 0.3) is 11.0 Å². The lowest BCUT2D eigenvalue weighted by Crippen LogP contribution is -2.37. The predicted octanol–water partition coefficient (Wildman–Crippen LogP) is 3.74. The van der Waals surface area contributed by atoms with Crippen LogP contribution in [0.5, 0.6) is 5.75 Å². The zero-order valence-electron chi connectivity index (χ0n) is 18.8. The Kier molecular flexibility index (Phi) is 8.31. The number of hydrogen-bond acceptors (Lipinski definition) is 6. The van der Waals surface area contributed by atoms with Gasteiger partial charge < -0.3 is 20.2 Å². The van der Waals surface area contributed by atoms with Gasteiger partial charge in [-0.05, 0) is 67.8 Å². The zero-order chi connectivity index (χ0) is 24.7. The van der Waals surface area contributed by atoms with E-state index in [1.807, 2.05) is 19.1 Å². The van der Waals surface area contributed by atoms with Crippen molar-refractivity contribution < 1.29 is 24.3 Å². The molecule has 3 aromatic rings. The Morgan fingerprint density at radius 1 is 1.12 bits per heavy atom. The van der Waals surface area contributed by atoms with E-state index in [-0.39, 0.29) is 19.1 Å². The highest BCUT2D eigenvalue weighted by atomic mass is 35.5.